The van der Waals surface area contributed by atoms with Crippen molar-refractivity contribution in [1.29, 1.82) is 0 Å². The van der Waals surface area contributed by atoms with Crippen LogP contribution in [0.1, 0.15) is 38.7 Å². The molecule has 0 radical (unpaired) electrons. The van der Waals surface area contributed by atoms with Gasteiger partial charge in [-0.1, -0.05) is 30.3 Å². The molecule has 6 nitrogen and oxygen atoms in total. The van der Waals surface area contributed by atoms with Gasteiger partial charge in [0, 0.05) is 25.7 Å². The van der Waals surface area contributed by atoms with Crippen LogP contribution in [0, 0.1) is 5.92 Å². The van der Waals surface area contributed by atoms with E-state index in [-0.39, 0.29) is 29.9 Å². The zero-order valence-electron chi connectivity index (χ0n) is 17.1. The van der Waals surface area contributed by atoms with Gasteiger partial charge >= 0.3 is 5.97 Å². The molecule has 0 bridgehead atoms. The number of hydrogen-bond donors (Lipinski definition) is 1. The lowest BCUT2D eigenvalue weighted by molar-refractivity contribution is -0.149. The first-order chi connectivity index (χ1) is 13.6. The molecule has 0 saturated carbocycles. The number of carbonyl (C=O) groups excluding carboxylic acids is 2. The van der Waals surface area contributed by atoms with Gasteiger partial charge in [0.05, 0.1) is 18.6 Å². The standard InChI is InChI=1S/C22H33N3O3/c1-3-28-22(27)19-9-13-25(14-10-19)17(2)21(26)23-20-11-12-24(16-20)15-18-7-5-4-6-8-18/h4-8,17,19-20H,3,9-16H2,1-2H3,(H,23,26)/t17-,20-/m1/s1. The highest BCUT2D eigenvalue weighted by Gasteiger charge is 2.32. The fourth-order valence-corrected chi connectivity index (χ4v) is 4.21. The Balaban J connectivity index is 1.41. The number of likely N-dealkylation sites (tertiary alicyclic amines) is 2. The smallest absolute Gasteiger partial charge is 0.309 e. The van der Waals surface area contributed by atoms with Gasteiger partial charge in [-0.15, -0.1) is 0 Å². The Labute approximate surface area is 168 Å². The minimum atomic E-state index is -0.161. The molecule has 2 atom stereocenters. The minimum Gasteiger partial charge on any atom is -0.466 e. The fraction of sp³-hybridized carbons (Fsp3) is 0.636. The molecule has 0 aliphatic carbocycles. The number of benzene rings is 1. The van der Waals surface area contributed by atoms with E-state index in [2.05, 4.69) is 39.4 Å². The number of amides is 1. The van der Waals surface area contributed by atoms with Crippen molar-refractivity contribution in [2.45, 2.75) is 51.7 Å². The molecule has 2 fully saturated rings. The average molecular weight is 388 g/mol. The second kappa shape index (κ2) is 10.0. The first-order valence-corrected chi connectivity index (χ1v) is 10.5. The summed E-state index contributed by atoms with van der Waals surface area (Å²) in [5, 5.41) is 3.23. The molecule has 2 aliphatic heterocycles. The maximum atomic E-state index is 12.7. The first-order valence-electron chi connectivity index (χ1n) is 10.5. The van der Waals surface area contributed by atoms with Crippen LogP contribution < -0.4 is 5.32 Å². The van der Waals surface area contributed by atoms with E-state index in [1.165, 1.54) is 5.56 Å². The molecule has 6 heteroatoms. The Bertz CT molecular complexity index is 644. The van der Waals surface area contributed by atoms with Crippen molar-refractivity contribution in [1.82, 2.24) is 15.1 Å². The van der Waals surface area contributed by atoms with E-state index in [0.29, 0.717) is 6.61 Å². The number of ether oxygens (including phenoxy) is 1. The van der Waals surface area contributed by atoms with Crippen LogP contribution in [0.4, 0.5) is 0 Å². The Morgan fingerprint density at radius 3 is 2.54 bits per heavy atom. The van der Waals surface area contributed by atoms with Crippen molar-refractivity contribution < 1.29 is 14.3 Å². The Kier molecular flexibility index (Phi) is 7.45. The van der Waals surface area contributed by atoms with Crippen LogP contribution in [0.2, 0.25) is 0 Å². The van der Waals surface area contributed by atoms with Crippen LogP contribution in [-0.4, -0.2) is 66.5 Å². The SMILES string of the molecule is CCOC(=O)C1CCN([C@H](C)C(=O)N[C@@H]2CCN(Cc3ccccc3)C2)CC1. The van der Waals surface area contributed by atoms with E-state index in [9.17, 15) is 9.59 Å². The highest BCUT2D eigenvalue weighted by Crippen LogP contribution is 2.21. The van der Waals surface area contributed by atoms with E-state index in [4.69, 9.17) is 4.74 Å². The first kappa shape index (κ1) is 20.8. The lowest BCUT2D eigenvalue weighted by atomic mass is 9.96. The second-order valence-corrected chi connectivity index (χ2v) is 7.95. The van der Waals surface area contributed by atoms with E-state index in [0.717, 1.165) is 52.0 Å². The van der Waals surface area contributed by atoms with Crippen molar-refractivity contribution >= 4 is 11.9 Å². The zero-order chi connectivity index (χ0) is 19.9. The number of carbonyl (C=O) groups is 2. The van der Waals surface area contributed by atoms with Crippen LogP contribution in [-0.2, 0) is 20.9 Å². The largest absolute Gasteiger partial charge is 0.466 e. The van der Waals surface area contributed by atoms with Crippen molar-refractivity contribution in [3.8, 4) is 0 Å². The molecule has 28 heavy (non-hydrogen) atoms. The number of rotatable bonds is 7. The molecule has 2 aliphatic rings. The summed E-state index contributed by atoms with van der Waals surface area (Å²) in [4.78, 5) is 29.2. The molecular weight excluding hydrogens is 354 g/mol. The van der Waals surface area contributed by atoms with Crippen molar-refractivity contribution in [2.24, 2.45) is 5.92 Å². The maximum Gasteiger partial charge on any atom is 0.309 e. The molecule has 3 rings (SSSR count). The molecular formula is C22H33N3O3. The molecule has 2 saturated heterocycles. The van der Waals surface area contributed by atoms with Crippen LogP contribution in [0.25, 0.3) is 0 Å². The maximum absolute atomic E-state index is 12.7. The quantitative estimate of drug-likeness (QED) is 0.726. The monoisotopic (exact) mass is 387 g/mol. The van der Waals surface area contributed by atoms with Gasteiger partial charge in [0.2, 0.25) is 5.91 Å². The van der Waals surface area contributed by atoms with Gasteiger partial charge in [0.1, 0.15) is 0 Å². The topological polar surface area (TPSA) is 61.9 Å². The predicted molar refractivity (Wildman–Crippen MR) is 109 cm³/mol. The third kappa shape index (κ3) is 5.55. The summed E-state index contributed by atoms with van der Waals surface area (Å²) in [7, 11) is 0. The van der Waals surface area contributed by atoms with Gasteiger partial charge in [-0.3, -0.25) is 19.4 Å². The van der Waals surface area contributed by atoms with Crippen molar-refractivity contribution in [3.05, 3.63) is 35.9 Å². The van der Waals surface area contributed by atoms with Gasteiger partial charge in [0.15, 0.2) is 0 Å². The number of hydrogen-bond acceptors (Lipinski definition) is 5. The Morgan fingerprint density at radius 2 is 1.86 bits per heavy atom. The molecule has 2 heterocycles. The lowest BCUT2D eigenvalue weighted by Crippen LogP contribution is -2.51. The molecule has 154 valence electrons. The minimum absolute atomic E-state index is 0.0205. The van der Waals surface area contributed by atoms with E-state index < -0.39 is 0 Å². The third-order valence-corrected chi connectivity index (χ3v) is 5.94. The summed E-state index contributed by atoms with van der Waals surface area (Å²) in [5.41, 5.74) is 1.31. The second-order valence-electron chi connectivity index (χ2n) is 7.95. The van der Waals surface area contributed by atoms with Crippen LogP contribution in [0.15, 0.2) is 30.3 Å². The summed E-state index contributed by atoms with van der Waals surface area (Å²) in [6.07, 6.45) is 2.53. The van der Waals surface area contributed by atoms with Crippen molar-refractivity contribution in [3.63, 3.8) is 0 Å². The van der Waals surface area contributed by atoms with Gasteiger partial charge < -0.3 is 10.1 Å². The molecule has 1 aromatic carbocycles. The van der Waals surface area contributed by atoms with Crippen molar-refractivity contribution in [2.75, 3.05) is 32.8 Å². The summed E-state index contributed by atoms with van der Waals surface area (Å²) in [6.45, 7) is 8.62. The van der Waals surface area contributed by atoms with Gasteiger partial charge in [0.25, 0.3) is 0 Å². The highest BCUT2D eigenvalue weighted by molar-refractivity contribution is 5.81. The predicted octanol–water partition coefficient (Wildman–Crippen LogP) is 2.04. The van der Waals surface area contributed by atoms with E-state index >= 15 is 0 Å². The molecule has 1 aromatic rings. The number of piperidine rings is 1. The Morgan fingerprint density at radius 1 is 1.14 bits per heavy atom. The van der Waals surface area contributed by atoms with Gasteiger partial charge in [-0.05, 0) is 51.8 Å². The highest BCUT2D eigenvalue weighted by atomic mass is 16.5. The van der Waals surface area contributed by atoms with Crippen LogP contribution in [0.3, 0.4) is 0 Å². The molecule has 0 unspecified atom stereocenters. The summed E-state index contributed by atoms with van der Waals surface area (Å²) >= 11 is 0. The lowest BCUT2D eigenvalue weighted by Gasteiger charge is -2.34. The van der Waals surface area contributed by atoms with Gasteiger partial charge in [-0.2, -0.15) is 0 Å². The number of nitrogens with zero attached hydrogens (tertiary/aromatic N) is 2. The van der Waals surface area contributed by atoms with Crippen LogP contribution in [0.5, 0.6) is 0 Å². The normalized spacial score (nSPS) is 22.7. The third-order valence-electron chi connectivity index (χ3n) is 5.94. The number of nitrogens with one attached hydrogen (secondary N) is 1. The Hall–Kier alpha value is -1.92. The number of esters is 1. The molecule has 0 spiro atoms. The average Bonchev–Trinajstić information content (AvgIpc) is 3.15. The van der Waals surface area contributed by atoms with E-state index in [1.807, 2.05) is 19.9 Å². The summed E-state index contributed by atoms with van der Waals surface area (Å²) in [5.74, 6) is -0.0160. The van der Waals surface area contributed by atoms with Crippen LogP contribution >= 0.6 is 0 Å². The summed E-state index contributed by atoms with van der Waals surface area (Å²) < 4.78 is 5.12. The molecule has 1 N–H and O–H groups in total. The summed E-state index contributed by atoms with van der Waals surface area (Å²) in [6, 6.07) is 10.5. The van der Waals surface area contributed by atoms with Gasteiger partial charge in [-0.25, -0.2) is 0 Å². The molecule has 1 amide bonds. The zero-order valence-corrected chi connectivity index (χ0v) is 17.1. The fourth-order valence-electron chi connectivity index (χ4n) is 4.21. The van der Waals surface area contributed by atoms with E-state index in [1.54, 1.807) is 0 Å². The molecule has 0 aromatic heterocycles.